The Labute approximate surface area is 120 Å². The van der Waals surface area contributed by atoms with Crippen LogP contribution in [0.4, 0.5) is 10.5 Å². The van der Waals surface area contributed by atoms with Gasteiger partial charge in [0, 0.05) is 30.7 Å². The van der Waals surface area contributed by atoms with Crippen LogP contribution in [-0.4, -0.2) is 36.2 Å². The van der Waals surface area contributed by atoms with Crippen LogP contribution >= 0.6 is 0 Å². The third kappa shape index (κ3) is 2.23. The number of likely N-dealkylation sites (tertiary alicyclic amines) is 1. The Hall–Kier alpha value is -1.71. The first kappa shape index (κ1) is 13.3. The fraction of sp³-hybridized carbons (Fsp3) is 0.562. The predicted molar refractivity (Wildman–Crippen MR) is 79.0 cm³/mol. The number of carbonyl (C=O) groups excluding carboxylic acids is 1. The Morgan fingerprint density at radius 3 is 2.85 bits per heavy atom. The summed E-state index contributed by atoms with van der Waals surface area (Å²) in [6.07, 6.45) is 0.801. The van der Waals surface area contributed by atoms with Gasteiger partial charge in [-0.1, -0.05) is 18.2 Å². The van der Waals surface area contributed by atoms with Crippen molar-refractivity contribution in [2.75, 3.05) is 25.0 Å². The minimum absolute atomic E-state index is 0.0630. The van der Waals surface area contributed by atoms with E-state index in [0.29, 0.717) is 0 Å². The number of ether oxygens (including phenoxy) is 1. The van der Waals surface area contributed by atoms with Gasteiger partial charge in [-0.05, 0) is 38.8 Å². The summed E-state index contributed by atoms with van der Waals surface area (Å²) >= 11 is 0. The van der Waals surface area contributed by atoms with Gasteiger partial charge in [0.2, 0.25) is 0 Å². The second kappa shape index (κ2) is 4.40. The highest BCUT2D eigenvalue weighted by Gasteiger charge is 2.46. The number of benzene rings is 1. The third-order valence-corrected chi connectivity index (χ3v) is 4.12. The first-order valence-electron chi connectivity index (χ1n) is 7.21. The monoisotopic (exact) mass is 274 g/mol. The van der Waals surface area contributed by atoms with Crippen LogP contribution in [0.25, 0.3) is 0 Å². The van der Waals surface area contributed by atoms with Gasteiger partial charge in [-0.3, -0.25) is 0 Å². The summed E-state index contributed by atoms with van der Waals surface area (Å²) in [6, 6.07) is 8.41. The molecule has 1 saturated heterocycles. The van der Waals surface area contributed by atoms with Crippen LogP contribution in [0, 0.1) is 0 Å². The number of anilines is 1. The Bertz CT molecular complexity index is 536. The van der Waals surface area contributed by atoms with E-state index in [0.717, 1.165) is 26.1 Å². The van der Waals surface area contributed by atoms with Crippen molar-refractivity contribution in [2.45, 2.75) is 38.2 Å². The Morgan fingerprint density at radius 2 is 2.10 bits per heavy atom. The van der Waals surface area contributed by atoms with Crippen LogP contribution in [0.3, 0.4) is 0 Å². The molecular formula is C16H22N2O2. The van der Waals surface area contributed by atoms with Gasteiger partial charge in [0.05, 0.1) is 0 Å². The third-order valence-electron chi connectivity index (χ3n) is 4.12. The Kier molecular flexibility index (Phi) is 2.92. The van der Waals surface area contributed by atoms with Gasteiger partial charge < -0.3 is 15.0 Å². The lowest BCUT2D eigenvalue weighted by Crippen LogP contribution is -2.38. The maximum atomic E-state index is 12.2. The van der Waals surface area contributed by atoms with E-state index < -0.39 is 5.60 Å². The van der Waals surface area contributed by atoms with Crippen LogP contribution in [0.1, 0.15) is 32.8 Å². The van der Waals surface area contributed by atoms with E-state index in [2.05, 4.69) is 23.5 Å². The van der Waals surface area contributed by atoms with Crippen LogP contribution in [0.15, 0.2) is 24.3 Å². The fourth-order valence-electron chi connectivity index (χ4n) is 3.18. The molecule has 1 fully saturated rings. The summed E-state index contributed by atoms with van der Waals surface area (Å²) < 4.78 is 5.48. The Morgan fingerprint density at radius 1 is 1.35 bits per heavy atom. The van der Waals surface area contributed by atoms with Crippen molar-refractivity contribution < 1.29 is 9.53 Å². The number of amides is 1. The standard InChI is InChI=1S/C16H22N2O2/c1-15(2,3)20-14(19)18-9-8-16(11-18)10-17-13-7-5-4-6-12(13)16/h4-7,17H,8-11H2,1-3H3/t16-/m0/s1. The molecule has 1 spiro atoms. The highest BCUT2D eigenvalue weighted by Crippen LogP contribution is 2.43. The molecule has 3 rings (SSSR count). The van der Waals surface area contributed by atoms with E-state index in [9.17, 15) is 4.79 Å². The number of rotatable bonds is 0. The molecule has 0 saturated carbocycles. The lowest BCUT2D eigenvalue weighted by Gasteiger charge is -2.27. The van der Waals surface area contributed by atoms with E-state index in [4.69, 9.17) is 4.74 Å². The molecule has 1 atom stereocenters. The number of fused-ring (bicyclic) bond motifs is 2. The van der Waals surface area contributed by atoms with Gasteiger partial charge in [-0.25, -0.2) is 4.79 Å². The average molecular weight is 274 g/mol. The summed E-state index contributed by atoms with van der Waals surface area (Å²) in [5.74, 6) is 0. The molecule has 108 valence electrons. The van der Waals surface area contributed by atoms with Crippen molar-refractivity contribution in [1.29, 1.82) is 0 Å². The van der Waals surface area contributed by atoms with Gasteiger partial charge in [0.25, 0.3) is 0 Å². The second-order valence-electron chi connectivity index (χ2n) is 6.83. The fourth-order valence-corrected chi connectivity index (χ4v) is 3.18. The summed E-state index contributed by atoms with van der Waals surface area (Å²) in [6.45, 7) is 8.14. The molecular weight excluding hydrogens is 252 g/mol. The lowest BCUT2D eigenvalue weighted by atomic mass is 9.82. The molecule has 0 aliphatic carbocycles. The lowest BCUT2D eigenvalue weighted by molar-refractivity contribution is 0.0285. The number of carbonyl (C=O) groups is 1. The average Bonchev–Trinajstić information content (AvgIpc) is 2.95. The molecule has 1 aromatic rings. The van der Waals surface area contributed by atoms with Crippen LogP contribution in [-0.2, 0) is 10.2 Å². The van der Waals surface area contributed by atoms with Crippen molar-refractivity contribution in [1.82, 2.24) is 4.90 Å². The number of nitrogens with zero attached hydrogens (tertiary/aromatic N) is 1. The molecule has 0 bridgehead atoms. The molecule has 2 heterocycles. The normalized spacial score (nSPS) is 24.6. The first-order valence-corrected chi connectivity index (χ1v) is 7.21. The second-order valence-corrected chi connectivity index (χ2v) is 6.83. The summed E-state index contributed by atoms with van der Waals surface area (Å²) in [5, 5.41) is 3.46. The molecule has 1 aromatic carbocycles. The van der Waals surface area contributed by atoms with Crippen LogP contribution in [0.5, 0.6) is 0 Å². The van der Waals surface area contributed by atoms with Crippen molar-refractivity contribution in [3.05, 3.63) is 29.8 Å². The Balaban J connectivity index is 1.76. The maximum Gasteiger partial charge on any atom is 0.410 e. The molecule has 4 nitrogen and oxygen atoms in total. The SMILES string of the molecule is CC(C)(C)OC(=O)N1CC[C@]2(CNc3ccccc32)C1. The van der Waals surface area contributed by atoms with Crippen molar-refractivity contribution in [3.8, 4) is 0 Å². The quantitative estimate of drug-likeness (QED) is 0.790. The van der Waals surface area contributed by atoms with Gasteiger partial charge in [0.15, 0.2) is 0 Å². The maximum absolute atomic E-state index is 12.2. The zero-order valence-electron chi connectivity index (χ0n) is 12.4. The summed E-state index contributed by atoms with van der Waals surface area (Å²) in [4.78, 5) is 14.0. The van der Waals surface area contributed by atoms with E-state index in [-0.39, 0.29) is 11.5 Å². The number of hydrogen-bond donors (Lipinski definition) is 1. The number of hydrogen-bond acceptors (Lipinski definition) is 3. The molecule has 1 amide bonds. The largest absolute Gasteiger partial charge is 0.444 e. The molecule has 20 heavy (non-hydrogen) atoms. The van der Waals surface area contributed by atoms with E-state index >= 15 is 0 Å². The molecule has 2 aliphatic rings. The number of para-hydroxylation sites is 1. The minimum atomic E-state index is -0.432. The highest BCUT2D eigenvalue weighted by molar-refractivity contribution is 5.70. The predicted octanol–water partition coefficient (Wildman–Crippen LogP) is 2.99. The van der Waals surface area contributed by atoms with Gasteiger partial charge >= 0.3 is 6.09 Å². The molecule has 0 aromatic heterocycles. The zero-order valence-corrected chi connectivity index (χ0v) is 12.4. The number of nitrogens with one attached hydrogen (secondary N) is 1. The van der Waals surface area contributed by atoms with Crippen molar-refractivity contribution >= 4 is 11.8 Å². The van der Waals surface area contributed by atoms with Crippen molar-refractivity contribution in [3.63, 3.8) is 0 Å². The zero-order chi connectivity index (χ0) is 14.4. The van der Waals surface area contributed by atoms with E-state index in [1.165, 1.54) is 11.3 Å². The van der Waals surface area contributed by atoms with Crippen molar-refractivity contribution in [2.24, 2.45) is 0 Å². The van der Waals surface area contributed by atoms with E-state index in [1.807, 2.05) is 31.7 Å². The molecule has 2 aliphatic heterocycles. The molecule has 0 unspecified atom stereocenters. The van der Waals surface area contributed by atoms with Crippen LogP contribution in [0.2, 0.25) is 0 Å². The summed E-state index contributed by atoms with van der Waals surface area (Å²) in [5.41, 5.74) is 2.18. The first-order chi connectivity index (χ1) is 9.40. The van der Waals surface area contributed by atoms with Gasteiger partial charge in [-0.15, -0.1) is 0 Å². The molecule has 4 heteroatoms. The highest BCUT2D eigenvalue weighted by atomic mass is 16.6. The smallest absolute Gasteiger partial charge is 0.410 e. The van der Waals surface area contributed by atoms with Gasteiger partial charge in [0.1, 0.15) is 5.60 Å². The van der Waals surface area contributed by atoms with Crippen LogP contribution < -0.4 is 5.32 Å². The van der Waals surface area contributed by atoms with E-state index in [1.54, 1.807) is 0 Å². The molecule has 0 radical (unpaired) electrons. The molecule has 1 N–H and O–H groups in total. The van der Waals surface area contributed by atoms with Gasteiger partial charge in [-0.2, -0.15) is 0 Å². The summed E-state index contributed by atoms with van der Waals surface area (Å²) in [7, 11) is 0. The topological polar surface area (TPSA) is 41.6 Å². The minimum Gasteiger partial charge on any atom is -0.444 e.